The number of carbonyl (C=O) groups excluding carboxylic acids is 2. The number of allylic oxidation sites excluding steroid dienone is 2. The Labute approximate surface area is 740 Å². The third kappa shape index (κ3) is 19.7. The first kappa shape index (κ1) is 87.6. The Bertz CT molecular complexity index is 6480. The number of aromatic nitrogens is 8. The number of anilines is 3. The minimum absolute atomic E-state index is 0.0229. The van der Waals surface area contributed by atoms with Gasteiger partial charge in [-0.3, -0.25) is 39.6 Å². The fourth-order valence-electron chi connectivity index (χ4n) is 17.1. The number of hydrogen-bond acceptors (Lipinski definition) is 21. The molecular formula is C90H98Cl3N17O12S2Si. The number of carbonyl (C=O) groups is 2. The molecule has 652 valence electrons. The molecule has 6 aromatic heterocycles. The lowest BCUT2D eigenvalue weighted by Gasteiger charge is -2.39. The standard InChI is InChI=1S/C46H52Cl2N8O6SSi.C44H46ClN9O6S/c1-46(2)16-14-33(38(27-46)31-6-8-34(47)9-7-31)29-52-18-20-53(21-19-52)35-10-12-37(45(57)51-63(60,61)36-11-13-39(48)42(26-36)56(58)59)41(25-35)55-43-24-32-15-17-54(30-62-22-23-64(3,4)5)44(32)50-40(43)28-49-55;1-44(2)13-11-31(36(26-44)29-3-5-32(45)6-4-29)28-50-15-17-51(18-16-50)33-7-9-35(39(24-33)53-40-23-30-12-14-46-42(30)48-37(40)27-47-53)43(55)49-61(58,59)34-8-10-38(41(25-34)54(56)57)52-19-21-60-22-20-52/h6-13,15,17,24-26,28H,14,16,18-23,27,29-30H2,1-5H3,(H,51,57);3-10,12,14,23-25,27H,11,13,15-22,26,28H2,1-2H3,(H,46,48)(H,49,55). The highest BCUT2D eigenvalue weighted by atomic mass is 35.5. The molecule has 6 aromatic carbocycles. The summed E-state index contributed by atoms with van der Waals surface area (Å²) in [5, 5.41) is 36.0. The molecule has 12 aromatic rings. The van der Waals surface area contributed by atoms with Gasteiger partial charge in [-0.1, -0.05) is 118 Å². The number of benzene rings is 6. The van der Waals surface area contributed by atoms with Crippen molar-refractivity contribution in [1.82, 2.24) is 58.3 Å². The average Bonchev–Trinajstić information content (AvgIpc) is 1.63. The summed E-state index contributed by atoms with van der Waals surface area (Å²) in [5.74, 6) is -1.85. The number of sulfonamides is 2. The molecule has 0 radical (unpaired) electrons. The molecule has 2 aliphatic carbocycles. The molecule has 0 spiro atoms. The molecule has 2 amide bonds. The van der Waals surface area contributed by atoms with Gasteiger partial charge in [-0.05, 0) is 187 Å². The molecule has 125 heavy (non-hydrogen) atoms. The Morgan fingerprint density at radius 2 is 1.05 bits per heavy atom. The molecule has 0 atom stereocenters. The summed E-state index contributed by atoms with van der Waals surface area (Å²) in [4.78, 5) is 73.8. The third-order valence-electron chi connectivity index (χ3n) is 24.2. The molecule has 29 nitrogen and oxygen atoms in total. The number of rotatable bonds is 24. The van der Waals surface area contributed by atoms with Crippen molar-refractivity contribution in [3.63, 3.8) is 0 Å². The van der Waals surface area contributed by atoms with E-state index in [9.17, 15) is 46.7 Å². The number of pyridine rings is 2. The molecule has 35 heteroatoms. The van der Waals surface area contributed by atoms with Crippen molar-refractivity contribution < 1.29 is 45.7 Å². The van der Waals surface area contributed by atoms with Crippen LogP contribution in [0, 0.1) is 31.1 Å². The number of amides is 2. The number of nitro benzene ring substituents is 2. The van der Waals surface area contributed by atoms with Crippen LogP contribution < -0.4 is 24.1 Å². The summed E-state index contributed by atoms with van der Waals surface area (Å²) < 4.78 is 75.6. The maximum absolute atomic E-state index is 14.2. The van der Waals surface area contributed by atoms with Gasteiger partial charge in [0.2, 0.25) is 0 Å². The highest BCUT2D eigenvalue weighted by molar-refractivity contribution is 7.90. The van der Waals surface area contributed by atoms with E-state index in [0.717, 1.165) is 172 Å². The van der Waals surface area contributed by atoms with Crippen LogP contribution in [0.1, 0.15) is 98.1 Å². The molecule has 0 unspecified atom stereocenters. The third-order valence-corrected chi connectivity index (χ3v) is 29.4. The van der Waals surface area contributed by atoms with E-state index in [0.29, 0.717) is 78.7 Å². The van der Waals surface area contributed by atoms with Crippen LogP contribution in [0.2, 0.25) is 40.8 Å². The highest BCUT2D eigenvalue weighted by Crippen LogP contribution is 2.46. The monoisotopic (exact) mass is 1810 g/mol. The first-order valence-electron chi connectivity index (χ1n) is 41.8. The topological polar surface area (TPSA) is 330 Å². The lowest BCUT2D eigenvalue weighted by Crippen LogP contribution is -2.47. The molecular weight excluding hydrogens is 1710 g/mol. The van der Waals surface area contributed by atoms with Crippen molar-refractivity contribution >= 4 is 158 Å². The number of piperazine rings is 2. The summed E-state index contributed by atoms with van der Waals surface area (Å²) in [7, 11) is -10.4. The van der Waals surface area contributed by atoms with E-state index in [-0.39, 0.29) is 38.4 Å². The van der Waals surface area contributed by atoms with Gasteiger partial charge in [-0.2, -0.15) is 10.2 Å². The minimum Gasteiger partial charge on any atom is -0.378 e. The van der Waals surface area contributed by atoms with Gasteiger partial charge in [0.05, 0.1) is 78.8 Å². The smallest absolute Gasteiger partial charge is 0.293 e. The van der Waals surface area contributed by atoms with E-state index in [2.05, 4.69) is 111 Å². The molecule has 3 aliphatic heterocycles. The van der Waals surface area contributed by atoms with Crippen molar-refractivity contribution in [2.24, 2.45) is 10.8 Å². The Hall–Kier alpha value is -10.9. The van der Waals surface area contributed by atoms with Gasteiger partial charge in [0, 0.05) is 150 Å². The number of halogens is 3. The molecule has 0 saturated carbocycles. The summed E-state index contributed by atoms with van der Waals surface area (Å²) in [5.41, 5.74) is 14.2. The van der Waals surface area contributed by atoms with Gasteiger partial charge >= 0.3 is 0 Å². The second kappa shape index (κ2) is 35.8. The first-order valence-corrected chi connectivity index (χ1v) is 49.6. The number of morpholine rings is 1. The van der Waals surface area contributed by atoms with Gasteiger partial charge in [-0.15, -0.1) is 0 Å². The van der Waals surface area contributed by atoms with Crippen LogP contribution in [0.25, 0.3) is 66.7 Å². The quantitative estimate of drug-likeness (QED) is 0.0219. The Balaban J connectivity index is 0.000000185. The maximum atomic E-state index is 14.2. The summed E-state index contributed by atoms with van der Waals surface area (Å²) in [6.07, 6.45) is 13.3. The second-order valence-corrected chi connectivity index (χ2v) is 45.7. The summed E-state index contributed by atoms with van der Waals surface area (Å²) in [6.45, 7) is 26.9. The van der Waals surface area contributed by atoms with Crippen LogP contribution in [0.15, 0.2) is 191 Å². The molecule has 3 fully saturated rings. The van der Waals surface area contributed by atoms with E-state index in [1.54, 1.807) is 45.0 Å². The zero-order valence-corrected chi connectivity index (χ0v) is 75.4. The van der Waals surface area contributed by atoms with Crippen LogP contribution in [0.4, 0.5) is 28.4 Å². The van der Waals surface area contributed by atoms with E-state index >= 15 is 0 Å². The predicted octanol–water partition coefficient (Wildman–Crippen LogP) is 17.0. The Morgan fingerprint density at radius 3 is 1.55 bits per heavy atom. The van der Waals surface area contributed by atoms with Crippen molar-refractivity contribution in [3.8, 4) is 11.4 Å². The molecule has 0 bridgehead atoms. The van der Waals surface area contributed by atoms with Crippen LogP contribution in [-0.4, -0.2) is 194 Å². The number of H-pyrrole nitrogens is 1. The number of nitrogens with zero attached hydrogens (tertiary/aromatic N) is 14. The largest absolute Gasteiger partial charge is 0.378 e. The van der Waals surface area contributed by atoms with E-state index in [4.69, 9.17) is 59.3 Å². The normalized spacial score (nSPS) is 16.9. The number of aromatic amines is 1. The van der Waals surface area contributed by atoms with Crippen LogP contribution >= 0.6 is 34.8 Å². The summed E-state index contributed by atoms with van der Waals surface area (Å²) in [6, 6.07) is 42.4. The van der Waals surface area contributed by atoms with E-state index in [1.807, 2.05) is 83.6 Å². The van der Waals surface area contributed by atoms with Gasteiger partial charge in [0.25, 0.3) is 43.2 Å². The highest BCUT2D eigenvalue weighted by Gasteiger charge is 2.35. The van der Waals surface area contributed by atoms with E-state index in [1.165, 1.54) is 45.6 Å². The number of ether oxygens (including phenoxy) is 2. The van der Waals surface area contributed by atoms with Crippen LogP contribution in [0.3, 0.4) is 0 Å². The van der Waals surface area contributed by atoms with Crippen molar-refractivity contribution in [1.29, 1.82) is 0 Å². The average molecular weight is 1810 g/mol. The first-order chi connectivity index (χ1) is 59.7. The van der Waals surface area contributed by atoms with Crippen molar-refractivity contribution in [3.05, 3.63) is 239 Å². The van der Waals surface area contributed by atoms with Gasteiger partial charge < -0.3 is 33.7 Å². The summed E-state index contributed by atoms with van der Waals surface area (Å²) >= 11 is 18.5. The number of hydrogen-bond donors (Lipinski definition) is 3. The van der Waals surface area contributed by atoms with Gasteiger partial charge in [-0.25, -0.2) is 45.6 Å². The zero-order valence-electron chi connectivity index (χ0n) is 70.5. The zero-order chi connectivity index (χ0) is 88.0. The number of fused-ring (bicyclic) bond motifs is 4. The van der Waals surface area contributed by atoms with Crippen LogP contribution in [0.5, 0.6) is 0 Å². The van der Waals surface area contributed by atoms with E-state index < -0.39 is 65.3 Å². The Kier molecular flexibility index (Phi) is 25.1. The fourth-order valence-corrected chi connectivity index (χ4v) is 20.3. The maximum Gasteiger partial charge on any atom is 0.293 e. The minimum atomic E-state index is -4.57. The van der Waals surface area contributed by atoms with Gasteiger partial charge in [0.1, 0.15) is 39.8 Å². The molecule has 9 heterocycles. The molecule has 5 aliphatic rings. The SMILES string of the molecule is CC1(C)CCC(CN2CCN(c3ccc(C(=O)NS(=O)(=O)c4ccc(Cl)c([N+](=O)[O-])c4)c(-n4ncc5nc6c(ccn6COCC[Si](C)(C)C)cc54)c3)CC2)=C(c2ccc(Cl)cc2)C1.CC1(C)CCC(CN2CCN(c3ccc(C(=O)NS(=O)(=O)c4ccc(N5CCOCC5)c([N+](=O)[O-])c4)c(-n4ncc5nc6[nH]ccc6cc54)c3)CC2)=C(c2ccc(Cl)cc2)C1. The molecule has 3 saturated heterocycles. The lowest BCUT2D eigenvalue weighted by molar-refractivity contribution is -0.385. The lowest BCUT2D eigenvalue weighted by atomic mass is 9.72. The fraction of sp³-hybridized carbons (Fsp3) is 0.356. The number of nitrogens with one attached hydrogen (secondary N) is 3. The molecule has 17 rings (SSSR count). The van der Waals surface area contributed by atoms with Crippen molar-refractivity contribution in [2.75, 3.05) is 113 Å². The predicted molar refractivity (Wildman–Crippen MR) is 492 cm³/mol. The van der Waals surface area contributed by atoms with Crippen LogP contribution in [-0.2, 0) is 36.3 Å². The molecule has 3 N–H and O–H groups in total. The second-order valence-electron chi connectivity index (χ2n) is 35.4. The number of nitro groups is 2. The van der Waals surface area contributed by atoms with Crippen molar-refractivity contribution in [2.45, 2.75) is 108 Å². The Morgan fingerprint density at radius 1 is 0.560 bits per heavy atom. The van der Waals surface area contributed by atoms with Gasteiger partial charge in [0.15, 0.2) is 0 Å².